The number of hydrogen-bond acceptors (Lipinski definition) is 5. The highest BCUT2D eigenvalue weighted by molar-refractivity contribution is 8.18. The van der Waals surface area contributed by atoms with Crippen molar-refractivity contribution in [2.24, 2.45) is 0 Å². The molecule has 2 aliphatic rings. The second-order valence-corrected chi connectivity index (χ2v) is 10.6. The van der Waals surface area contributed by atoms with Gasteiger partial charge in [0.25, 0.3) is 11.1 Å². The first kappa shape index (κ1) is 25.6. The normalized spacial score (nSPS) is 18.9. The van der Waals surface area contributed by atoms with Crippen molar-refractivity contribution in [1.82, 2.24) is 14.8 Å². The molecule has 3 aromatic rings. The van der Waals surface area contributed by atoms with Crippen molar-refractivity contribution in [2.45, 2.75) is 45.4 Å². The monoisotopic (exact) mass is 537 g/mol. The molecule has 2 saturated heterocycles. The Kier molecular flexibility index (Phi) is 7.69. The van der Waals surface area contributed by atoms with Crippen LogP contribution in [-0.4, -0.2) is 45.8 Å². The number of thioether (sulfide) groups is 1. The number of carbonyl (C=O) groups is 3. The third-order valence-corrected chi connectivity index (χ3v) is 7.83. The van der Waals surface area contributed by atoms with Gasteiger partial charge in [0.1, 0.15) is 6.54 Å². The predicted molar refractivity (Wildman–Crippen MR) is 146 cm³/mol. The van der Waals surface area contributed by atoms with Gasteiger partial charge < -0.3 is 14.6 Å². The summed E-state index contributed by atoms with van der Waals surface area (Å²) in [5, 5.41) is 4.22. The first-order valence-electron chi connectivity index (χ1n) is 12.4. The van der Waals surface area contributed by atoms with Crippen molar-refractivity contribution >= 4 is 57.4 Å². The molecule has 0 unspecified atom stereocenters. The number of fused-ring (bicyclic) bond motifs is 1. The van der Waals surface area contributed by atoms with Gasteiger partial charge in [-0.25, -0.2) is 0 Å². The summed E-state index contributed by atoms with van der Waals surface area (Å²) < 4.78 is 7.54. The van der Waals surface area contributed by atoms with E-state index >= 15 is 0 Å². The van der Waals surface area contributed by atoms with Gasteiger partial charge in [-0.3, -0.25) is 19.3 Å². The van der Waals surface area contributed by atoms with Crippen LogP contribution in [0.4, 0.5) is 4.79 Å². The van der Waals surface area contributed by atoms with Crippen molar-refractivity contribution < 1.29 is 19.1 Å². The van der Waals surface area contributed by atoms with Crippen LogP contribution in [0.5, 0.6) is 0 Å². The smallest absolute Gasteiger partial charge is 0.293 e. The minimum atomic E-state index is -0.327. The van der Waals surface area contributed by atoms with Gasteiger partial charge in [-0.15, -0.1) is 0 Å². The summed E-state index contributed by atoms with van der Waals surface area (Å²) in [6.07, 6.45) is 6.52. The number of para-hydroxylation sites is 1. The molecule has 2 aromatic carbocycles. The average Bonchev–Trinajstić information content (AvgIpc) is 3.60. The first-order chi connectivity index (χ1) is 17.9. The number of nitrogens with one attached hydrogen (secondary N) is 1. The van der Waals surface area contributed by atoms with Gasteiger partial charge in [-0.05, 0) is 60.4 Å². The lowest BCUT2D eigenvalue weighted by Gasteiger charge is -2.12. The fraction of sp³-hybridized carbons (Fsp3) is 0.321. The molecule has 5 rings (SSSR count). The average molecular weight is 538 g/mol. The van der Waals surface area contributed by atoms with Gasteiger partial charge in [0.2, 0.25) is 5.91 Å². The maximum atomic E-state index is 13.2. The van der Waals surface area contributed by atoms with Crippen LogP contribution in [0, 0.1) is 0 Å². The zero-order chi connectivity index (χ0) is 25.9. The number of aryl methyl sites for hydroxylation is 1. The van der Waals surface area contributed by atoms with Crippen LogP contribution in [0.25, 0.3) is 17.0 Å². The van der Waals surface area contributed by atoms with Crippen molar-refractivity contribution in [1.29, 1.82) is 0 Å². The van der Waals surface area contributed by atoms with E-state index in [1.165, 1.54) is 4.90 Å². The fourth-order valence-corrected chi connectivity index (χ4v) is 5.74. The Morgan fingerprint density at radius 2 is 2.03 bits per heavy atom. The molecule has 1 aromatic heterocycles. The minimum absolute atomic E-state index is 0.0793. The Hall–Kier alpha value is -3.07. The summed E-state index contributed by atoms with van der Waals surface area (Å²) >= 11 is 6.89. The molecule has 37 heavy (non-hydrogen) atoms. The zero-order valence-corrected chi connectivity index (χ0v) is 22.1. The van der Waals surface area contributed by atoms with Gasteiger partial charge in [-0.2, -0.15) is 0 Å². The summed E-state index contributed by atoms with van der Waals surface area (Å²) in [7, 11) is 0. The van der Waals surface area contributed by atoms with Crippen LogP contribution >= 0.6 is 23.4 Å². The number of rotatable bonds is 8. The van der Waals surface area contributed by atoms with E-state index in [9.17, 15) is 14.4 Å². The molecular formula is C28H28ClN3O4S. The number of hydrogen-bond donors (Lipinski definition) is 1. The Labute approximate surface area is 224 Å². The molecule has 1 N–H and O–H groups in total. The lowest BCUT2D eigenvalue weighted by molar-refractivity contribution is -0.123. The van der Waals surface area contributed by atoms with E-state index in [-0.39, 0.29) is 36.2 Å². The third-order valence-electron chi connectivity index (χ3n) is 6.67. The summed E-state index contributed by atoms with van der Waals surface area (Å²) in [6.45, 7) is 3.67. The van der Waals surface area contributed by atoms with E-state index in [1.807, 2.05) is 29.0 Å². The highest BCUT2D eigenvalue weighted by Gasteiger charge is 2.35. The lowest BCUT2D eigenvalue weighted by Crippen LogP contribution is -2.34. The molecule has 9 heteroatoms. The topological polar surface area (TPSA) is 80.6 Å². The van der Waals surface area contributed by atoms with Crippen LogP contribution in [-0.2, 0) is 33.8 Å². The minimum Gasteiger partial charge on any atom is -0.376 e. The maximum absolute atomic E-state index is 13.2. The first-order valence-corrected chi connectivity index (χ1v) is 13.6. The number of benzene rings is 2. The zero-order valence-electron chi connectivity index (χ0n) is 20.5. The summed E-state index contributed by atoms with van der Waals surface area (Å²) in [5.41, 5.74) is 3.70. The molecule has 0 bridgehead atoms. The third kappa shape index (κ3) is 5.61. The second-order valence-electron chi connectivity index (χ2n) is 9.21. The molecule has 2 aliphatic heterocycles. The molecule has 3 heterocycles. The highest BCUT2D eigenvalue weighted by Crippen LogP contribution is 2.35. The van der Waals surface area contributed by atoms with Crippen molar-refractivity contribution in [3.05, 3.63) is 75.3 Å². The van der Waals surface area contributed by atoms with Gasteiger partial charge in [0, 0.05) is 35.3 Å². The Morgan fingerprint density at radius 1 is 1.22 bits per heavy atom. The molecular weight excluding hydrogens is 510 g/mol. The van der Waals surface area contributed by atoms with Gasteiger partial charge >= 0.3 is 0 Å². The van der Waals surface area contributed by atoms with Crippen LogP contribution < -0.4 is 5.32 Å². The molecule has 0 spiro atoms. The molecule has 0 radical (unpaired) electrons. The summed E-state index contributed by atoms with van der Waals surface area (Å²) in [6, 6.07) is 13.1. The number of halogens is 1. The molecule has 0 saturated carbocycles. The molecule has 192 valence electrons. The number of ether oxygens (including phenoxy) is 1. The molecule has 3 amide bonds. The van der Waals surface area contributed by atoms with Crippen molar-refractivity contribution in [3.8, 4) is 0 Å². The van der Waals surface area contributed by atoms with E-state index in [2.05, 4.69) is 12.2 Å². The molecule has 2 fully saturated rings. The fourth-order valence-electron chi connectivity index (χ4n) is 4.78. The standard InChI is InChI=1S/C28H28ClN3O4S/c1-2-19-5-3-7-23-20(16-31(26(19)23)17-25(33)30-14-22-6-4-12-36-22)13-24-27(34)32(28(35)37-24)15-18-8-10-21(29)11-9-18/h3,5,7-11,13,16,22H,2,4,6,12,14-15,17H2,1H3,(H,30,33)/b24-13-/t22-/m0/s1. The van der Waals surface area contributed by atoms with E-state index in [0.29, 0.717) is 16.5 Å². The van der Waals surface area contributed by atoms with Crippen molar-refractivity contribution in [3.63, 3.8) is 0 Å². The highest BCUT2D eigenvalue weighted by atomic mass is 35.5. The predicted octanol–water partition coefficient (Wildman–Crippen LogP) is 5.39. The van der Waals surface area contributed by atoms with Gasteiger partial charge in [0.15, 0.2) is 0 Å². The van der Waals surface area contributed by atoms with Crippen LogP contribution in [0.1, 0.15) is 36.5 Å². The Bertz CT molecular complexity index is 1380. The quantitative estimate of drug-likeness (QED) is 0.390. The Balaban J connectivity index is 1.40. The van der Waals surface area contributed by atoms with Crippen LogP contribution in [0.15, 0.2) is 53.6 Å². The van der Waals surface area contributed by atoms with E-state index < -0.39 is 0 Å². The van der Waals surface area contributed by atoms with E-state index in [1.54, 1.807) is 30.3 Å². The number of carbonyl (C=O) groups excluding carboxylic acids is 3. The summed E-state index contributed by atoms with van der Waals surface area (Å²) in [5.74, 6) is -0.417. The van der Waals surface area contributed by atoms with Gasteiger partial charge in [-0.1, -0.05) is 48.9 Å². The number of nitrogens with zero attached hydrogens (tertiary/aromatic N) is 2. The van der Waals surface area contributed by atoms with E-state index in [4.69, 9.17) is 16.3 Å². The largest absolute Gasteiger partial charge is 0.376 e. The molecule has 7 nitrogen and oxygen atoms in total. The van der Waals surface area contributed by atoms with Crippen LogP contribution in [0.2, 0.25) is 5.02 Å². The number of imide groups is 1. The van der Waals surface area contributed by atoms with Crippen LogP contribution in [0.3, 0.4) is 0 Å². The second kappa shape index (κ2) is 11.1. The van der Waals surface area contributed by atoms with E-state index in [0.717, 1.165) is 65.2 Å². The Morgan fingerprint density at radius 3 is 2.76 bits per heavy atom. The molecule has 0 aliphatic carbocycles. The van der Waals surface area contributed by atoms with Gasteiger partial charge in [0.05, 0.1) is 23.1 Å². The number of aromatic nitrogens is 1. The molecule has 1 atom stereocenters. The maximum Gasteiger partial charge on any atom is 0.293 e. The lowest BCUT2D eigenvalue weighted by atomic mass is 10.1. The summed E-state index contributed by atoms with van der Waals surface area (Å²) in [4.78, 5) is 40.2. The van der Waals surface area contributed by atoms with Crippen molar-refractivity contribution in [2.75, 3.05) is 13.2 Å². The number of amides is 3. The SMILES string of the molecule is CCc1cccc2c(/C=C3\SC(=O)N(Cc4ccc(Cl)cc4)C3=O)cn(CC(=O)NC[C@@H]3CCCO3)c12.